The normalized spacial score (nSPS) is 35.5. The van der Waals surface area contributed by atoms with Gasteiger partial charge < -0.3 is 31.5 Å². The van der Waals surface area contributed by atoms with Crippen LogP contribution in [0.4, 0.5) is 0 Å². The summed E-state index contributed by atoms with van der Waals surface area (Å²) < 4.78 is 0. The SMILES string of the molecule is CC1NC(N)C2NC(CN(C)C3CCC(C(=O)N[C@@H](CCC(=O)O)C(=O)O)CC3)CNC2N1. The lowest BCUT2D eigenvalue weighted by atomic mass is 9.84. The van der Waals surface area contributed by atoms with E-state index in [1.807, 2.05) is 6.92 Å². The zero-order valence-electron chi connectivity index (χ0n) is 19.4. The molecule has 0 aromatic rings. The molecule has 12 heteroatoms. The fraction of sp³-hybridized carbons (Fsp3) is 0.857. The highest BCUT2D eigenvalue weighted by molar-refractivity contribution is 5.85. The number of rotatable bonds is 9. The van der Waals surface area contributed by atoms with Crippen molar-refractivity contribution in [3.05, 3.63) is 0 Å². The zero-order chi connectivity index (χ0) is 24.1. The van der Waals surface area contributed by atoms with Gasteiger partial charge in [0.1, 0.15) is 6.04 Å². The van der Waals surface area contributed by atoms with Crippen LogP contribution in [-0.2, 0) is 14.4 Å². The molecule has 0 bridgehead atoms. The largest absolute Gasteiger partial charge is 0.481 e. The van der Waals surface area contributed by atoms with E-state index in [0.29, 0.717) is 18.9 Å². The first-order valence-corrected chi connectivity index (χ1v) is 11.9. The second-order valence-corrected chi connectivity index (χ2v) is 9.63. The minimum absolute atomic E-state index is 0.0936. The average Bonchev–Trinajstić information content (AvgIpc) is 2.76. The van der Waals surface area contributed by atoms with Crippen LogP contribution in [0.3, 0.4) is 0 Å². The fourth-order valence-electron chi connectivity index (χ4n) is 5.21. The molecule has 9 N–H and O–H groups in total. The van der Waals surface area contributed by atoms with Crippen LogP contribution >= 0.6 is 0 Å². The molecule has 2 aliphatic heterocycles. The summed E-state index contributed by atoms with van der Waals surface area (Å²) in [5.41, 5.74) is 6.28. The van der Waals surface area contributed by atoms with Crippen molar-refractivity contribution < 1.29 is 24.6 Å². The van der Waals surface area contributed by atoms with Gasteiger partial charge in [-0.05, 0) is 46.1 Å². The van der Waals surface area contributed by atoms with Crippen LogP contribution in [0.5, 0.6) is 0 Å². The van der Waals surface area contributed by atoms with Crippen molar-refractivity contribution in [1.29, 1.82) is 0 Å². The first-order valence-electron chi connectivity index (χ1n) is 11.9. The fourth-order valence-corrected chi connectivity index (χ4v) is 5.21. The van der Waals surface area contributed by atoms with Crippen LogP contribution in [0.15, 0.2) is 0 Å². The van der Waals surface area contributed by atoms with Gasteiger partial charge >= 0.3 is 11.9 Å². The first kappa shape index (κ1) is 25.8. The van der Waals surface area contributed by atoms with Crippen molar-refractivity contribution in [3.8, 4) is 0 Å². The molecule has 12 nitrogen and oxygen atoms in total. The Bertz CT molecular complexity index is 702. The minimum Gasteiger partial charge on any atom is -0.481 e. The molecule has 0 spiro atoms. The van der Waals surface area contributed by atoms with Crippen LogP contribution in [-0.4, -0.2) is 95.8 Å². The lowest BCUT2D eigenvalue weighted by Gasteiger charge is -2.48. The lowest BCUT2D eigenvalue weighted by Crippen LogP contribution is -2.79. The molecule has 33 heavy (non-hydrogen) atoms. The van der Waals surface area contributed by atoms with Crippen LogP contribution < -0.4 is 32.3 Å². The Morgan fingerprint density at radius 3 is 2.45 bits per heavy atom. The molecule has 2 saturated heterocycles. The maximum Gasteiger partial charge on any atom is 0.326 e. The molecular formula is C21H39N7O5. The Labute approximate surface area is 194 Å². The number of likely N-dealkylation sites (N-methyl/N-ethyl adjacent to an activating group) is 1. The van der Waals surface area contributed by atoms with Gasteiger partial charge in [-0.2, -0.15) is 0 Å². The van der Waals surface area contributed by atoms with Crippen molar-refractivity contribution in [2.24, 2.45) is 11.7 Å². The third kappa shape index (κ3) is 7.08. The van der Waals surface area contributed by atoms with Crippen molar-refractivity contribution in [2.75, 3.05) is 20.1 Å². The maximum atomic E-state index is 12.6. The summed E-state index contributed by atoms with van der Waals surface area (Å²) >= 11 is 0. The van der Waals surface area contributed by atoms with E-state index in [4.69, 9.17) is 10.8 Å². The van der Waals surface area contributed by atoms with Crippen molar-refractivity contribution >= 4 is 17.8 Å². The van der Waals surface area contributed by atoms with Crippen molar-refractivity contribution in [3.63, 3.8) is 0 Å². The summed E-state index contributed by atoms with van der Waals surface area (Å²) in [6, 6.07) is -0.463. The van der Waals surface area contributed by atoms with Gasteiger partial charge in [0.2, 0.25) is 5.91 Å². The molecule has 2 heterocycles. The standard InChI is InChI=1S/C21H39N7O5/c1-11-24-18(22)17-19(25-11)23-9-13(26-17)10-28(2)14-5-3-12(4-6-14)20(31)27-15(21(32)33)7-8-16(29)30/h11-15,17-19,23-26H,3-10,22H2,1-2H3,(H,27,31)(H,29,30)(H,32,33)/t11?,12?,13?,14?,15-,17?,18?,19?/m0/s1. The molecule has 5 unspecified atom stereocenters. The molecule has 3 rings (SSSR count). The molecule has 3 fully saturated rings. The summed E-state index contributed by atoms with van der Waals surface area (Å²) in [5, 5.41) is 34.5. The molecule has 6 atom stereocenters. The smallest absolute Gasteiger partial charge is 0.326 e. The number of nitrogens with one attached hydrogen (secondary N) is 5. The number of carbonyl (C=O) groups excluding carboxylic acids is 1. The van der Waals surface area contributed by atoms with E-state index < -0.39 is 18.0 Å². The summed E-state index contributed by atoms with van der Waals surface area (Å²) in [4.78, 5) is 37.0. The van der Waals surface area contributed by atoms with Crippen LogP contribution in [0.2, 0.25) is 0 Å². The van der Waals surface area contributed by atoms with E-state index in [1.54, 1.807) is 0 Å². The maximum absolute atomic E-state index is 12.6. The Hall–Kier alpha value is -1.83. The molecule has 1 saturated carbocycles. The van der Waals surface area contributed by atoms with Gasteiger partial charge in [-0.3, -0.25) is 25.5 Å². The summed E-state index contributed by atoms with van der Waals surface area (Å²) in [7, 11) is 2.10. The predicted molar refractivity (Wildman–Crippen MR) is 121 cm³/mol. The van der Waals surface area contributed by atoms with E-state index in [2.05, 4.69) is 38.5 Å². The number of carboxylic acids is 2. The van der Waals surface area contributed by atoms with Gasteiger partial charge in [0.05, 0.1) is 24.5 Å². The van der Waals surface area contributed by atoms with Crippen molar-refractivity contribution in [2.45, 2.75) is 88.1 Å². The average molecular weight is 470 g/mol. The quantitative estimate of drug-likeness (QED) is 0.187. The molecule has 188 valence electrons. The number of fused-ring (bicyclic) bond motifs is 1. The topological polar surface area (TPSA) is 181 Å². The Morgan fingerprint density at radius 1 is 1.12 bits per heavy atom. The van der Waals surface area contributed by atoms with E-state index in [0.717, 1.165) is 25.9 Å². The number of amides is 1. The minimum atomic E-state index is -1.20. The number of nitrogens with zero attached hydrogens (tertiary/aromatic N) is 1. The van der Waals surface area contributed by atoms with Gasteiger partial charge in [-0.1, -0.05) is 0 Å². The number of carboxylic acid groups (broad SMARTS) is 2. The number of nitrogens with two attached hydrogens (primary N) is 1. The van der Waals surface area contributed by atoms with Crippen LogP contribution in [0.25, 0.3) is 0 Å². The summed E-state index contributed by atoms with van der Waals surface area (Å²) in [6.07, 6.45) is 2.82. The van der Waals surface area contributed by atoms with Crippen LogP contribution in [0.1, 0.15) is 45.4 Å². The highest BCUT2D eigenvalue weighted by Crippen LogP contribution is 2.27. The molecule has 3 aliphatic rings. The number of hydrogen-bond acceptors (Lipinski definition) is 9. The third-order valence-corrected chi connectivity index (χ3v) is 7.09. The van der Waals surface area contributed by atoms with E-state index >= 15 is 0 Å². The molecule has 1 amide bonds. The molecule has 0 aromatic carbocycles. The van der Waals surface area contributed by atoms with Gasteiger partial charge in [0.15, 0.2) is 0 Å². The Kier molecular flexibility index (Phi) is 9.02. The molecule has 0 radical (unpaired) electrons. The molecular weight excluding hydrogens is 430 g/mol. The second kappa shape index (κ2) is 11.5. The van der Waals surface area contributed by atoms with Crippen molar-refractivity contribution in [1.82, 2.24) is 31.5 Å². The van der Waals surface area contributed by atoms with Crippen LogP contribution in [0, 0.1) is 5.92 Å². The monoisotopic (exact) mass is 469 g/mol. The van der Waals surface area contributed by atoms with Gasteiger partial charge in [0, 0.05) is 37.5 Å². The predicted octanol–water partition coefficient (Wildman–Crippen LogP) is -2.01. The molecule has 1 aliphatic carbocycles. The number of aliphatic carboxylic acids is 2. The number of hydrogen-bond donors (Lipinski definition) is 8. The summed E-state index contributed by atoms with van der Waals surface area (Å²) in [5.74, 6) is -2.81. The molecule has 0 aromatic heterocycles. The van der Waals surface area contributed by atoms with E-state index in [1.165, 1.54) is 0 Å². The first-order chi connectivity index (χ1) is 15.6. The second-order valence-electron chi connectivity index (χ2n) is 9.63. The zero-order valence-corrected chi connectivity index (χ0v) is 19.4. The van der Waals surface area contributed by atoms with E-state index in [-0.39, 0.29) is 55.2 Å². The van der Waals surface area contributed by atoms with E-state index in [9.17, 15) is 19.5 Å². The number of carbonyl (C=O) groups is 3. The number of piperazine rings is 1. The highest BCUT2D eigenvalue weighted by atomic mass is 16.4. The highest BCUT2D eigenvalue weighted by Gasteiger charge is 2.39. The Balaban J connectivity index is 1.42. The van der Waals surface area contributed by atoms with Gasteiger partial charge in [0.25, 0.3) is 0 Å². The summed E-state index contributed by atoms with van der Waals surface area (Å²) in [6.45, 7) is 3.74. The van der Waals surface area contributed by atoms with Gasteiger partial charge in [-0.25, -0.2) is 4.79 Å². The van der Waals surface area contributed by atoms with Gasteiger partial charge in [-0.15, -0.1) is 0 Å². The lowest BCUT2D eigenvalue weighted by molar-refractivity contribution is -0.144. The Morgan fingerprint density at radius 2 is 1.82 bits per heavy atom. The third-order valence-electron chi connectivity index (χ3n) is 7.09.